The van der Waals surface area contributed by atoms with Crippen LogP contribution in [-0.2, 0) is 0 Å². The minimum Gasteiger partial charge on any atom is -0.451 e. The van der Waals surface area contributed by atoms with Crippen LogP contribution < -0.4 is 5.32 Å². The van der Waals surface area contributed by atoms with Crippen LogP contribution in [0.25, 0.3) is 11.0 Å². The average molecular weight is 309 g/mol. The van der Waals surface area contributed by atoms with E-state index in [1.807, 2.05) is 0 Å². The Bertz CT molecular complexity index is 664. The lowest BCUT2D eigenvalue weighted by molar-refractivity contribution is 0.0307. The molecule has 0 atom stereocenters. The highest BCUT2D eigenvalue weighted by molar-refractivity contribution is 7.99. The summed E-state index contributed by atoms with van der Waals surface area (Å²) in [7, 11) is 0. The van der Waals surface area contributed by atoms with Crippen molar-refractivity contribution < 1.29 is 18.7 Å². The van der Waals surface area contributed by atoms with Gasteiger partial charge in [0.2, 0.25) is 0 Å². The first kappa shape index (κ1) is 14.4. The van der Waals surface area contributed by atoms with Crippen molar-refractivity contribution in [3.8, 4) is 0 Å². The van der Waals surface area contributed by atoms with Crippen molar-refractivity contribution in [1.29, 1.82) is 0 Å². The van der Waals surface area contributed by atoms with Crippen LogP contribution in [0.5, 0.6) is 0 Å². The second-order valence-electron chi connectivity index (χ2n) is 5.31. The molecule has 6 heteroatoms. The van der Waals surface area contributed by atoms with Crippen molar-refractivity contribution in [2.45, 2.75) is 18.4 Å². The number of benzene rings is 1. The summed E-state index contributed by atoms with van der Waals surface area (Å²) >= 11 is 1.81. The molecule has 1 fully saturated rings. The van der Waals surface area contributed by atoms with Crippen molar-refractivity contribution in [3.05, 3.63) is 35.8 Å². The maximum absolute atomic E-state index is 13.1. The molecule has 1 aliphatic heterocycles. The topological polar surface area (TPSA) is 62.5 Å². The van der Waals surface area contributed by atoms with E-state index in [4.69, 9.17) is 4.42 Å². The van der Waals surface area contributed by atoms with Crippen molar-refractivity contribution in [3.63, 3.8) is 0 Å². The number of halogens is 1. The summed E-state index contributed by atoms with van der Waals surface area (Å²) < 4.78 is 18.5. The number of rotatable bonds is 3. The van der Waals surface area contributed by atoms with Gasteiger partial charge in [-0.15, -0.1) is 0 Å². The first-order chi connectivity index (χ1) is 10.1. The van der Waals surface area contributed by atoms with E-state index < -0.39 is 11.5 Å². The van der Waals surface area contributed by atoms with Gasteiger partial charge < -0.3 is 14.8 Å². The molecule has 2 aromatic rings. The summed E-state index contributed by atoms with van der Waals surface area (Å²) in [4.78, 5) is 12.1. The van der Waals surface area contributed by atoms with Gasteiger partial charge in [-0.25, -0.2) is 4.39 Å². The van der Waals surface area contributed by atoms with Gasteiger partial charge in [0.1, 0.15) is 11.4 Å². The molecule has 1 amide bonds. The van der Waals surface area contributed by atoms with Crippen molar-refractivity contribution in [1.82, 2.24) is 5.32 Å². The molecule has 0 spiro atoms. The lowest BCUT2D eigenvalue weighted by atomic mass is 9.97. The number of hydrogen-bond acceptors (Lipinski definition) is 4. The number of aliphatic hydroxyl groups is 1. The van der Waals surface area contributed by atoms with Crippen molar-refractivity contribution in [2.24, 2.45) is 0 Å². The van der Waals surface area contributed by atoms with Gasteiger partial charge >= 0.3 is 0 Å². The summed E-state index contributed by atoms with van der Waals surface area (Å²) in [5, 5.41) is 13.6. The molecule has 1 aliphatic rings. The van der Waals surface area contributed by atoms with Crippen LogP contribution in [0.1, 0.15) is 23.4 Å². The van der Waals surface area contributed by atoms with Gasteiger partial charge in [-0.05, 0) is 48.6 Å². The predicted octanol–water partition coefficient (Wildman–Crippen LogP) is 2.56. The number of carbonyl (C=O) groups is 1. The molecule has 2 N–H and O–H groups in total. The third kappa shape index (κ3) is 3.22. The number of carbonyl (C=O) groups excluding carboxylic acids is 1. The average Bonchev–Trinajstić information content (AvgIpc) is 2.88. The van der Waals surface area contributed by atoms with Gasteiger partial charge in [-0.1, -0.05) is 0 Å². The summed E-state index contributed by atoms with van der Waals surface area (Å²) in [6, 6.07) is 5.61. The number of furan rings is 1. The van der Waals surface area contributed by atoms with E-state index in [0.29, 0.717) is 23.8 Å². The fraction of sp³-hybridized carbons (Fsp3) is 0.400. The van der Waals surface area contributed by atoms with Crippen LogP contribution in [0.4, 0.5) is 4.39 Å². The normalized spacial score (nSPS) is 17.8. The third-order valence-electron chi connectivity index (χ3n) is 3.70. The summed E-state index contributed by atoms with van der Waals surface area (Å²) in [6.45, 7) is 0.206. The monoisotopic (exact) mass is 309 g/mol. The maximum atomic E-state index is 13.1. The van der Waals surface area contributed by atoms with E-state index in [0.717, 1.165) is 11.5 Å². The van der Waals surface area contributed by atoms with E-state index in [1.54, 1.807) is 11.8 Å². The van der Waals surface area contributed by atoms with E-state index in [9.17, 15) is 14.3 Å². The molecule has 0 bridgehead atoms. The second kappa shape index (κ2) is 5.69. The van der Waals surface area contributed by atoms with Crippen molar-refractivity contribution >= 4 is 28.6 Å². The Labute approximate surface area is 125 Å². The van der Waals surface area contributed by atoms with Gasteiger partial charge in [0.05, 0.1) is 5.60 Å². The SMILES string of the molecule is O=C(NCC1(O)CCSCC1)c1cc2cc(F)ccc2o1. The lowest BCUT2D eigenvalue weighted by Crippen LogP contribution is -2.45. The van der Waals surface area contributed by atoms with Crippen LogP contribution in [0.15, 0.2) is 28.7 Å². The van der Waals surface area contributed by atoms with Crippen LogP contribution in [0, 0.1) is 5.82 Å². The molecular weight excluding hydrogens is 293 g/mol. The first-order valence-corrected chi connectivity index (χ1v) is 7.99. The number of amides is 1. The standard InChI is InChI=1S/C15H16FNO3S/c16-11-1-2-12-10(7-11)8-13(20-12)14(18)17-9-15(19)3-5-21-6-4-15/h1-2,7-8,19H,3-6,9H2,(H,17,18). The molecule has 3 rings (SSSR count). The van der Waals surface area contributed by atoms with Gasteiger partial charge in [0.25, 0.3) is 5.91 Å². The Kier molecular flexibility index (Phi) is 3.91. The fourth-order valence-corrected chi connectivity index (χ4v) is 3.64. The van der Waals surface area contributed by atoms with Gasteiger partial charge in [0.15, 0.2) is 5.76 Å². The third-order valence-corrected chi connectivity index (χ3v) is 4.69. The van der Waals surface area contributed by atoms with Crippen LogP contribution in [-0.4, -0.2) is 34.7 Å². The van der Waals surface area contributed by atoms with Crippen LogP contribution in [0.3, 0.4) is 0 Å². The van der Waals surface area contributed by atoms with E-state index in [2.05, 4.69) is 5.32 Å². The predicted molar refractivity (Wildman–Crippen MR) is 80.0 cm³/mol. The maximum Gasteiger partial charge on any atom is 0.287 e. The molecular formula is C15H16FNO3S. The number of fused-ring (bicyclic) bond motifs is 1. The van der Waals surface area contributed by atoms with Gasteiger partial charge in [-0.3, -0.25) is 4.79 Å². The van der Waals surface area contributed by atoms with Crippen molar-refractivity contribution in [2.75, 3.05) is 18.1 Å². The van der Waals surface area contributed by atoms with E-state index in [1.165, 1.54) is 24.3 Å². The quantitative estimate of drug-likeness (QED) is 0.915. The molecule has 4 nitrogen and oxygen atoms in total. The van der Waals surface area contributed by atoms with E-state index in [-0.39, 0.29) is 18.1 Å². The largest absolute Gasteiger partial charge is 0.451 e. The summed E-state index contributed by atoms with van der Waals surface area (Å²) in [5.41, 5.74) is -0.367. The highest BCUT2D eigenvalue weighted by Gasteiger charge is 2.30. The van der Waals surface area contributed by atoms with Crippen LogP contribution >= 0.6 is 11.8 Å². The number of thioether (sulfide) groups is 1. The molecule has 0 aliphatic carbocycles. The minimum absolute atomic E-state index is 0.129. The Morgan fingerprint density at radius 1 is 1.38 bits per heavy atom. The second-order valence-corrected chi connectivity index (χ2v) is 6.54. The minimum atomic E-state index is -0.834. The Morgan fingerprint density at radius 3 is 2.90 bits per heavy atom. The smallest absolute Gasteiger partial charge is 0.287 e. The molecule has 0 radical (unpaired) electrons. The molecule has 112 valence electrons. The first-order valence-electron chi connectivity index (χ1n) is 6.83. The zero-order chi connectivity index (χ0) is 14.9. The fourth-order valence-electron chi connectivity index (χ4n) is 2.39. The van der Waals surface area contributed by atoms with Gasteiger partial charge in [0, 0.05) is 11.9 Å². The Hall–Kier alpha value is -1.53. The Balaban J connectivity index is 1.69. The van der Waals surface area contributed by atoms with E-state index >= 15 is 0 Å². The number of hydrogen-bond donors (Lipinski definition) is 2. The molecule has 0 saturated carbocycles. The molecule has 1 saturated heterocycles. The van der Waals surface area contributed by atoms with Crippen LogP contribution in [0.2, 0.25) is 0 Å². The zero-order valence-corrected chi connectivity index (χ0v) is 12.2. The lowest BCUT2D eigenvalue weighted by Gasteiger charge is -2.31. The molecule has 2 heterocycles. The molecule has 0 unspecified atom stereocenters. The highest BCUT2D eigenvalue weighted by Crippen LogP contribution is 2.26. The molecule has 1 aromatic heterocycles. The van der Waals surface area contributed by atoms with Gasteiger partial charge in [-0.2, -0.15) is 11.8 Å². The Morgan fingerprint density at radius 2 is 2.14 bits per heavy atom. The molecule has 21 heavy (non-hydrogen) atoms. The zero-order valence-electron chi connectivity index (χ0n) is 11.4. The highest BCUT2D eigenvalue weighted by atomic mass is 32.2. The molecule has 1 aromatic carbocycles. The summed E-state index contributed by atoms with van der Waals surface area (Å²) in [5.74, 6) is 1.17. The number of nitrogens with one attached hydrogen (secondary N) is 1. The summed E-state index contributed by atoms with van der Waals surface area (Å²) in [6.07, 6.45) is 1.34.